The van der Waals surface area contributed by atoms with Gasteiger partial charge in [-0.05, 0) is 42.4 Å². The molecule has 0 spiro atoms. The van der Waals surface area contributed by atoms with Gasteiger partial charge in [0.2, 0.25) is 5.91 Å². The Hall–Kier alpha value is -2.25. The molecule has 0 radical (unpaired) electrons. The van der Waals surface area contributed by atoms with E-state index in [1.54, 1.807) is 11.0 Å². The van der Waals surface area contributed by atoms with Crippen molar-refractivity contribution < 1.29 is 9.90 Å². The minimum Gasteiger partial charge on any atom is -0.391 e. The molecule has 0 unspecified atom stereocenters. The van der Waals surface area contributed by atoms with E-state index in [9.17, 15) is 9.90 Å². The van der Waals surface area contributed by atoms with Gasteiger partial charge in [0.1, 0.15) is 12.7 Å². The number of carbonyl (C=O) groups is 1. The van der Waals surface area contributed by atoms with Crippen molar-refractivity contribution in [1.29, 1.82) is 0 Å². The molecule has 4 rings (SSSR count). The summed E-state index contributed by atoms with van der Waals surface area (Å²) < 4.78 is 1.75. The molecule has 138 valence electrons. The first-order chi connectivity index (χ1) is 12.6. The van der Waals surface area contributed by atoms with Gasteiger partial charge in [0, 0.05) is 26.6 Å². The lowest BCUT2D eigenvalue weighted by Crippen LogP contribution is -2.48. The van der Waals surface area contributed by atoms with Crippen LogP contribution in [0.25, 0.3) is 5.69 Å². The summed E-state index contributed by atoms with van der Waals surface area (Å²) in [4.78, 5) is 17.8. The molecular weight excluding hydrogens is 330 g/mol. The number of aliphatic hydroxyl groups is 1. The van der Waals surface area contributed by atoms with Crippen molar-refractivity contribution in [2.24, 2.45) is 11.8 Å². The molecule has 2 heterocycles. The molecule has 1 saturated carbocycles. The largest absolute Gasteiger partial charge is 0.391 e. The van der Waals surface area contributed by atoms with E-state index < -0.39 is 6.10 Å². The molecule has 7 nitrogen and oxygen atoms in total. The Kier molecular flexibility index (Phi) is 4.74. The standard InChI is InChI=1S/C19H25N5O2/c1-13(25)22-18-6-15-9-23(10-16(15)7-19(18)26)8-14-2-4-17(5-3-14)24-12-20-11-21-24/h2-5,11-12,15-16,18-19,26H,6-10H2,1H3,(H,22,25)/t15-,16+,18-,19-/m1/s1. The van der Waals surface area contributed by atoms with E-state index in [-0.39, 0.29) is 11.9 Å². The average Bonchev–Trinajstić information content (AvgIpc) is 3.25. The summed E-state index contributed by atoms with van der Waals surface area (Å²) in [5, 5.41) is 17.4. The van der Waals surface area contributed by atoms with Gasteiger partial charge in [-0.1, -0.05) is 12.1 Å². The highest BCUT2D eigenvalue weighted by molar-refractivity contribution is 5.73. The van der Waals surface area contributed by atoms with Crippen LogP contribution in [0.3, 0.4) is 0 Å². The number of rotatable bonds is 4. The number of likely N-dealkylation sites (tertiary alicyclic amines) is 1. The molecule has 0 bridgehead atoms. The number of nitrogens with one attached hydrogen (secondary N) is 1. The van der Waals surface area contributed by atoms with Crippen LogP contribution in [0.15, 0.2) is 36.9 Å². The predicted octanol–water partition coefficient (Wildman–Crippen LogP) is 0.975. The number of nitrogens with zero attached hydrogens (tertiary/aromatic N) is 4. The number of aromatic nitrogens is 3. The fourth-order valence-electron chi connectivity index (χ4n) is 4.43. The number of benzene rings is 1. The number of fused-ring (bicyclic) bond motifs is 1. The third-order valence-electron chi connectivity index (χ3n) is 5.63. The second-order valence-electron chi connectivity index (χ2n) is 7.57. The van der Waals surface area contributed by atoms with Crippen LogP contribution in [0.2, 0.25) is 0 Å². The van der Waals surface area contributed by atoms with Crippen molar-refractivity contribution in [2.75, 3.05) is 13.1 Å². The van der Waals surface area contributed by atoms with Crippen LogP contribution < -0.4 is 5.32 Å². The lowest BCUT2D eigenvalue weighted by Gasteiger charge is -2.35. The summed E-state index contributed by atoms with van der Waals surface area (Å²) in [6, 6.07) is 8.28. The maximum atomic E-state index is 11.3. The summed E-state index contributed by atoms with van der Waals surface area (Å²) in [5.74, 6) is 1.00. The normalized spacial score (nSPS) is 28.7. The van der Waals surface area contributed by atoms with E-state index in [1.807, 2.05) is 0 Å². The van der Waals surface area contributed by atoms with Crippen molar-refractivity contribution in [2.45, 2.75) is 38.5 Å². The van der Waals surface area contributed by atoms with Crippen molar-refractivity contribution in [3.05, 3.63) is 42.5 Å². The number of aliphatic hydroxyl groups excluding tert-OH is 1. The predicted molar refractivity (Wildman–Crippen MR) is 96.5 cm³/mol. The fourth-order valence-corrected chi connectivity index (χ4v) is 4.43. The van der Waals surface area contributed by atoms with Gasteiger partial charge in [0.05, 0.1) is 17.8 Å². The molecule has 1 saturated heterocycles. The Balaban J connectivity index is 1.36. The molecule has 2 aliphatic rings. The molecule has 26 heavy (non-hydrogen) atoms. The van der Waals surface area contributed by atoms with E-state index in [1.165, 1.54) is 18.8 Å². The van der Waals surface area contributed by atoms with Gasteiger partial charge >= 0.3 is 0 Å². The minimum absolute atomic E-state index is 0.0603. The Labute approximate surface area is 153 Å². The van der Waals surface area contributed by atoms with Gasteiger partial charge in [-0.2, -0.15) is 5.10 Å². The zero-order valence-electron chi connectivity index (χ0n) is 15.0. The molecule has 1 aliphatic heterocycles. The molecule has 1 amide bonds. The first-order valence-corrected chi connectivity index (χ1v) is 9.20. The Bertz CT molecular complexity index is 746. The number of hydrogen-bond acceptors (Lipinski definition) is 5. The van der Waals surface area contributed by atoms with E-state index in [0.29, 0.717) is 11.8 Å². The first kappa shape index (κ1) is 17.2. The van der Waals surface area contributed by atoms with E-state index >= 15 is 0 Å². The summed E-state index contributed by atoms with van der Waals surface area (Å²) in [7, 11) is 0. The van der Waals surface area contributed by atoms with Crippen molar-refractivity contribution in [3.63, 3.8) is 0 Å². The van der Waals surface area contributed by atoms with Crippen molar-refractivity contribution in [1.82, 2.24) is 25.0 Å². The maximum absolute atomic E-state index is 11.3. The Morgan fingerprint density at radius 3 is 2.62 bits per heavy atom. The highest BCUT2D eigenvalue weighted by Crippen LogP contribution is 2.37. The SMILES string of the molecule is CC(=O)N[C@@H]1C[C@@H]2CN(Cc3ccc(-n4cncn4)cc3)C[C@@H]2C[C@H]1O. The Morgan fingerprint density at radius 2 is 1.96 bits per heavy atom. The molecule has 1 aliphatic carbocycles. The third-order valence-corrected chi connectivity index (χ3v) is 5.63. The van der Waals surface area contributed by atoms with E-state index in [2.05, 4.69) is 44.6 Å². The molecule has 7 heteroatoms. The van der Waals surface area contributed by atoms with Crippen molar-refractivity contribution in [3.8, 4) is 5.69 Å². The molecule has 4 atom stereocenters. The van der Waals surface area contributed by atoms with Crippen LogP contribution in [-0.2, 0) is 11.3 Å². The zero-order valence-corrected chi connectivity index (χ0v) is 15.0. The quantitative estimate of drug-likeness (QED) is 0.854. The third kappa shape index (κ3) is 3.64. The number of carbonyl (C=O) groups excluding carboxylic acids is 1. The fraction of sp³-hybridized carbons (Fsp3) is 0.526. The smallest absolute Gasteiger partial charge is 0.217 e. The molecule has 2 N–H and O–H groups in total. The summed E-state index contributed by atoms with van der Waals surface area (Å²) in [6.07, 6.45) is 4.44. The highest BCUT2D eigenvalue weighted by atomic mass is 16.3. The topological polar surface area (TPSA) is 83.3 Å². The number of hydrogen-bond donors (Lipinski definition) is 2. The zero-order chi connectivity index (χ0) is 18.1. The molecule has 2 aromatic rings. The summed E-state index contributed by atoms with van der Waals surface area (Å²) in [6.45, 7) is 4.46. The van der Waals surface area contributed by atoms with Gasteiger partial charge in [0.15, 0.2) is 0 Å². The van der Waals surface area contributed by atoms with Gasteiger partial charge in [-0.3, -0.25) is 9.69 Å². The van der Waals surface area contributed by atoms with Gasteiger partial charge in [-0.15, -0.1) is 0 Å². The van der Waals surface area contributed by atoms with Crippen molar-refractivity contribution >= 4 is 5.91 Å². The van der Waals surface area contributed by atoms with Crippen LogP contribution in [0.5, 0.6) is 0 Å². The second-order valence-corrected chi connectivity index (χ2v) is 7.57. The van der Waals surface area contributed by atoms with Crippen LogP contribution in [0.4, 0.5) is 0 Å². The van der Waals surface area contributed by atoms with E-state index in [0.717, 1.165) is 38.2 Å². The summed E-state index contributed by atoms with van der Waals surface area (Å²) >= 11 is 0. The Morgan fingerprint density at radius 1 is 1.23 bits per heavy atom. The molecule has 1 aromatic heterocycles. The van der Waals surface area contributed by atoms with Gasteiger partial charge in [-0.25, -0.2) is 9.67 Å². The van der Waals surface area contributed by atoms with Gasteiger partial charge in [0.25, 0.3) is 0 Å². The van der Waals surface area contributed by atoms with Crippen LogP contribution in [0.1, 0.15) is 25.3 Å². The summed E-state index contributed by atoms with van der Waals surface area (Å²) in [5.41, 5.74) is 2.27. The molecule has 2 fully saturated rings. The molecular formula is C19H25N5O2. The lowest BCUT2D eigenvalue weighted by atomic mass is 9.77. The second kappa shape index (κ2) is 7.17. The van der Waals surface area contributed by atoms with Crippen LogP contribution in [-0.4, -0.2) is 55.9 Å². The first-order valence-electron chi connectivity index (χ1n) is 9.20. The molecule has 1 aromatic carbocycles. The number of amides is 1. The highest BCUT2D eigenvalue weighted by Gasteiger charge is 2.41. The average molecular weight is 355 g/mol. The van der Waals surface area contributed by atoms with Crippen LogP contribution in [0, 0.1) is 11.8 Å². The monoisotopic (exact) mass is 355 g/mol. The van der Waals surface area contributed by atoms with E-state index in [4.69, 9.17) is 0 Å². The maximum Gasteiger partial charge on any atom is 0.217 e. The minimum atomic E-state index is -0.429. The van der Waals surface area contributed by atoms with Crippen LogP contribution >= 0.6 is 0 Å². The van der Waals surface area contributed by atoms with Gasteiger partial charge < -0.3 is 10.4 Å². The lowest BCUT2D eigenvalue weighted by molar-refractivity contribution is -0.121.